The van der Waals surface area contributed by atoms with Crippen molar-refractivity contribution in [1.82, 2.24) is 9.80 Å². The molecular formula is C16H28N4O. The van der Waals surface area contributed by atoms with Gasteiger partial charge in [-0.15, -0.1) is 0 Å². The second-order valence-electron chi connectivity index (χ2n) is 5.75. The van der Waals surface area contributed by atoms with Crippen LogP contribution in [-0.2, 0) is 0 Å². The van der Waals surface area contributed by atoms with Gasteiger partial charge in [0.1, 0.15) is 5.75 Å². The van der Waals surface area contributed by atoms with Crippen LogP contribution in [0.1, 0.15) is 6.92 Å². The van der Waals surface area contributed by atoms with Gasteiger partial charge in [-0.1, -0.05) is 6.07 Å². The lowest BCUT2D eigenvalue weighted by atomic mass is 10.2. The number of anilines is 2. The fourth-order valence-corrected chi connectivity index (χ4v) is 2.64. The summed E-state index contributed by atoms with van der Waals surface area (Å²) in [5.41, 5.74) is 8.12. The van der Waals surface area contributed by atoms with E-state index >= 15 is 0 Å². The lowest BCUT2D eigenvalue weighted by molar-refractivity contribution is 0.229. The summed E-state index contributed by atoms with van der Waals surface area (Å²) < 4.78 is 5.59. The largest absolute Gasteiger partial charge is 0.492 e. The minimum absolute atomic E-state index is 0.645. The average Bonchev–Trinajstić information content (AvgIpc) is 2.48. The first-order valence-electron chi connectivity index (χ1n) is 7.75. The van der Waals surface area contributed by atoms with Crippen molar-refractivity contribution >= 4 is 11.4 Å². The van der Waals surface area contributed by atoms with Gasteiger partial charge in [0.15, 0.2) is 0 Å². The molecule has 5 nitrogen and oxygen atoms in total. The van der Waals surface area contributed by atoms with Crippen LogP contribution in [0.3, 0.4) is 0 Å². The van der Waals surface area contributed by atoms with Gasteiger partial charge in [-0.05, 0) is 33.2 Å². The van der Waals surface area contributed by atoms with E-state index in [2.05, 4.69) is 34.9 Å². The molecule has 1 aliphatic rings. The zero-order chi connectivity index (χ0) is 15.2. The molecule has 0 saturated carbocycles. The smallest absolute Gasteiger partial charge is 0.144 e. The molecule has 1 aromatic carbocycles. The third-order valence-corrected chi connectivity index (χ3v) is 3.92. The van der Waals surface area contributed by atoms with Crippen molar-refractivity contribution in [2.24, 2.45) is 0 Å². The molecule has 0 aromatic heterocycles. The second-order valence-corrected chi connectivity index (χ2v) is 5.75. The number of nitrogens with zero attached hydrogens (tertiary/aromatic N) is 3. The molecule has 118 valence electrons. The van der Waals surface area contributed by atoms with Gasteiger partial charge in [0.25, 0.3) is 0 Å². The van der Waals surface area contributed by atoms with Crippen molar-refractivity contribution in [2.45, 2.75) is 6.92 Å². The predicted molar refractivity (Wildman–Crippen MR) is 89.2 cm³/mol. The number of para-hydroxylation sites is 1. The molecule has 0 radical (unpaired) electrons. The second kappa shape index (κ2) is 7.52. The van der Waals surface area contributed by atoms with E-state index in [9.17, 15) is 0 Å². The topological polar surface area (TPSA) is 45.0 Å². The molecule has 1 heterocycles. The Hall–Kier alpha value is -1.46. The summed E-state index contributed by atoms with van der Waals surface area (Å²) in [6.07, 6.45) is 0. The minimum Gasteiger partial charge on any atom is -0.492 e. The van der Waals surface area contributed by atoms with Crippen molar-refractivity contribution in [3.05, 3.63) is 18.2 Å². The molecule has 1 fully saturated rings. The molecule has 5 heteroatoms. The number of benzene rings is 1. The normalized spacial score (nSPS) is 16.5. The summed E-state index contributed by atoms with van der Waals surface area (Å²) in [5, 5.41) is 0. The highest BCUT2D eigenvalue weighted by atomic mass is 16.5. The SMILES string of the molecule is CCOc1cccc(N2CCN(CCN(C)C)CC2)c1N. The minimum atomic E-state index is 0.645. The van der Waals surface area contributed by atoms with Crippen LogP contribution in [0.5, 0.6) is 5.75 Å². The molecule has 1 saturated heterocycles. The Morgan fingerprint density at radius 1 is 1.19 bits per heavy atom. The third-order valence-electron chi connectivity index (χ3n) is 3.92. The summed E-state index contributed by atoms with van der Waals surface area (Å²) in [4.78, 5) is 7.11. The van der Waals surface area contributed by atoms with E-state index in [4.69, 9.17) is 10.5 Å². The maximum atomic E-state index is 6.25. The first-order valence-corrected chi connectivity index (χ1v) is 7.75. The molecule has 0 bridgehead atoms. The van der Waals surface area contributed by atoms with Crippen LogP contribution < -0.4 is 15.4 Å². The Bertz CT molecular complexity index is 442. The van der Waals surface area contributed by atoms with Gasteiger partial charge in [-0.3, -0.25) is 4.90 Å². The molecule has 2 rings (SSSR count). The molecule has 0 aliphatic carbocycles. The number of ether oxygens (including phenoxy) is 1. The third kappa shape index (κ3) is 4.25. The van der Waals surface area contributed by atoms with Crippen LogP contribution in [0.25, 0.3) is 0 Å². The first-order chi connectivity index (χ1) is 10.1. The van der Waals surface area contributed by atoms with E-state index < -0.39 is 0 Å². The van der Waals surface area contributed by atoms with Crippen LogP contribution in [0.2, 0.25) is 0 Å². The Kier molecular flexibility index (Phi) is 5.70. The van der Waals surface area contributed by atoms with Gasteiger partial charge < -0.3 is 20.3 Å². The quantitative estimate of drug-likeness (QED) is 0.802. The summed E-state index contributed by atoms with van der Waals surface area (Å²) in [7, 11) is 4.24. The van der Waals surface area contributed by atoms with Crippen molar-refractivity contribution in [3.63, 3.8) is 0 Å². The van der Waals surface area contributed by atoms with Gasteiger partial charge in [0.2, 0.25) is 0 Å². The fourth-order valence-electron chi connectivity index (χ4n) is 2.64. The maximum absolute atomic E-state index is 6.25. The van der Waals surface area contributed by atoms with Gasteiger partial charge in [0.05, 0.1) is 18.0 Å². The van der Waals surface area contributed by atoms with Gasteiger partial charge in [0, 0.05) is 39.3 Å². The van der Waals surface area contributed by atoms with E-state index in [1.165, 1.54) is 0 Å². The monoisotopic (exact) mass is 292 g/mol. The number of hydrogen-bond donors (Lipinski definition) is 1. The summed E-state index contributed by atoms with van der Waals surface area (Å²) in [5.74, 6) is 0.796. The Morgan fingerprint density at radius 3 is 2.52 bits per heavy atom. The van der Waals surface area contributed by atoms with Crippen LogP contribution in [0.4, 0.5) is 11.4 Å². The lowest BCUT2D eigenvalue weighted by Crippen LogP contribution is -2.48. The number of hydrogen-bond acceptors (Lipinski definition) is 5. The van der Waals surface area contributed by atoms with E-state index in [-0.39, 0.29) is 0 Å². The lowest BCUT2D eigenvalue weighted by Gasteiger charge is -2.37. The summed E-state index contributed by atoms with van der Waals surface area (Å²) >= 11 is 0. The molecule has 0 spiro atoms. The van der Waals surface area contributed by atoms with Crippen LogP contribution in [0, 0.1) is 0 Å². The summed E-state index contributed by atoms with van der Waals surface area (Å²) in [6, 6.07) is 6.05. The number of likely N-dealkylation sites (N-methyl/N-ethyl adjacent to an activating group) is 1. The van der Waals surface area contributed by atoms with E-state index in [0.717, 1.165) is 56.4 Å². The molecule has 1 aliphatic heterocycles. The predicted octanol–water partition coefficient (Wildman–Crippen LogP) is 1.35. The maximum Gasteiger partial charge on any atom is 0.144 e. The number of piperazine rings is 1. The van der Waals surface area contributed by atoms with Crippen LogP contribution in [-0.4, -0.2) is 69.8 Å². The van der Waals surface area contributed by atoms with Crippen molar-refractivity contribution < 1.29 is 4.74 Å². The van der Waals surface area contributed by atoms with E-state index in [0.29, 0.717) is 6.61 Å². The fraction of sp³-hybridized carbons (Fsp3) is 0.625. The number of rotatable bonds is 6. The Morgan fingerprint density at radius 2 is 1.90 bits per heavy atom. The van der Waals surface area contributed by atoms with Crippen LogP contribution >= 0.6 is 0 Å². The molecular weight excluding hydrogens is 264 g/mol. The molecule has 2 N–H and O–H groups in total. The highest BCUT2D eigenvalue weighted by molar-refractivity contribution is 5.74. The molecule has 0 atom stereocenters. The molecule has 21 heavy (non-hydrogen) atoms. The summed E-state index contributed by atoms with van der Waals surface area (Å²) in [6.45, 7) is 9.09. The Balaban J connectivity index is 1.94. The standard InChI is InChI=1S/C16H28N4O/c1-4-21-15-7-5-6-14(16(15)17)20-12-10-19(11-13-20)9-8-18(2)3/h5-7H,4,8-13,17H2,1-3H3. The van der Waals surface area contributed by atoms with Crippen molar-refractivity contribution in [3.8, 4) is 5.75 Å². The highest BCUT2D eigenvalue weighted by Gasteiger charge is 2.19. The molecule has 1 aromatic rings. The molecule has 0 unspecified atom stereocenters. The van der Waals surface area contributed by atoms with Gasteiger partial charge in [-0.25, -0.2) is 0 Å². The number of nitrogens with two attached hydrogens (primary N) is 1. The Labute approximate surface area is 128 Å². The number of nitrogen functional groups attached to an aromatic ring is 1. The molecule has 0 amide bonds. The van der Waals surface area contributed by atoms with Crippen molar-refractivity contribution in [1.29, 1.82) is 0 Å². The average molecular weight is 292 g/mol. The zero-order valence-corrected chi connectivity index (χ0v) is 13.5. The van der Waals surface area contributed by atoms with Crippen molar-refractivity contribution in [2.75, 3.05) is 70.6 Å². The van der Waals surface area contributed by atoms with Crippen LogP contribution in [0.15, 0.2) is 18.2 Å². The highest BCUT2D eigenvalue weighted by Crippen LogP contribution is 2.32. The zero-order valence-electron chi connectivity index (χ0n) is 13.5. The first kappa shape index (κ1) is 15.9. The van der Waals surface area contributed by atoms with E-state index in [1.807, 2.05) is 19.1 Å². The van der Waals surface area contributed by atoms with Gasteiger partial charge >= 0.3 is 0 Å². The van der Waals surface area contributed by atoms with E-state index in [1.54, 1.807) is 0 Å². The van der Waals surface area contributed by atoms with Gasteiger partial charge in [-0.2, -0.15) is 0 Å².